The number of hydrogen-bond donors (Lipinski definition) is 2. The van der Waals surface area contributed by atoms with Gasteiger partial charge in [0.15, 0.2) is 0 Å². The van der Waals surface area contributed by atoms with Gasteiger partial charge < -0.3 is 15.3 Å². The maximum absolute atomic E-state index is 12.1. The Morgan fingerprint density at radius 2 is 2.22 bits per heavy atom. The highest BCUT2D eigenvalue weighted by molar-refractivity contribution is 5.94. The number of amides is 1. The molecule has 1 aromatic heterocycles. The molecule has 0 radical (unpaired) electrons. The normalized spacial score (nSPS) is 10.2. The highest BCUT2D eigenvalue weighted by Gasteiger charge is 2.11. The van der Waals surface area contributed by atoms with Crippen molar-refractivity contribution >= 4 is 11.7 Å². The summed E-state index contributed by atoms with van der Waals surface area (Å²) in [6.45, 7) is 0.920. The average Bonchev–Trinajstić information content (AvgIpc) is 2.42. The van der Waals surface area contributed by atoms with Crippen molar-refractivity contribution in [3.63, 3.8) is 0 Å². The van der Waals surface area contributed by atoms with Crippen LogP contribution in [0.5, 0.6) is 0 Å². The standard InChI is InChI=1S/C13H21N3O2/c1-14-12-10-11(6-7-15-12)13(18)16(2)8-4-3-5-9-17/h6-7,10,17H,3-5,8-9H2,1-2H3,(H,14,15). The lowest BCUT2D eigenvalue weighted by molar-refractivity contribution is 0.0792. The van der Waals surface area contributed by atoms with Crippen LogP contribution >= 0.6 is 0 Å². The van der Waals surface area contributed by atoms with Crippen molar-refractivity contribution in [2.75, 3.05) is 32.6 Å². The first kappa shape index (κ1) is 14.4. The molecule has 0 spiro atoms. The minimum atomic E-state index is -0.00195. The third-order valence-corrected chi connectivity index (χ3v) is 2.76. The fraction of sp³-hybridized carbons (Fsp3) is 0.538. The molecule has 0 atom stereocenters. The maximum atomic E-state index is 12.1. The summed E-state index contributed by atoms with van der Waals surface area (Å²) < 4.78 is 0. The molecule has 1 amide bonds. The van der Waals surface area contributed by atoms with E-state index < -0.39 is 0 Å². The number of aromatic nitrogens is 1. The fourth-order valence-corrected chi connectivity index (χ4v) is 1.66. The molecular weight excluding hydrogens is 230 g/mol. The highest BCUT2D eigenvalue weighted by atomic mass is 16.2. The van der Waals surface area contributed by atoms with Crippen molar-refractivity contribution in [3.05, 3.63) is 23.9 Å². The molecule has 18 heavy (non-hydrogen) atoms. The molecule has 0 saturated carbocycles. The summed E-state index contributed by atoms with van der Waals surface area (Å²) in [5.41, 5.74) is 0.638. The molecular formula is C13H21N3O2. The first-order valence-corrected chi connectivity index (χ1v) is 6.19. The van der Waals surface area contributed by atoms with E-state index in [9.17, 15) is 4.79 Å². The van der Waals surface area contributed by atoms with E-state index in [0.717, 1.165) is 19.3 Å². The first-order chi connectivity index (χ1) is 8.69. The summed E-state index contributed by atoms with van der Waals surface area (Å²) in [6, 6.07) is 3.46. The predicted molar refractivity (Wildman–Crippen MR) is 71.7 cm³/mol. The van der Waals surface area contributed by atoms with Gasteiger partial charge >= 0.3 is 0 Å². The van der Waals surface area contributed by atoms with Gasteiger partial charge in [-0.05, 0) is 31.4 Å². The average molecular weight is 251 g/mol. The van der Waals surface area contributed by atoms with Gasteiger partial charge in [0.05, 0.1) is 0 Å². The minimum absolute atomic E-state index is 0.00195. The Morgan fingerprint density at radius 3 is 2.89 bits per heavy atom. The maximum Gasteiger partial charge on any atom is 0.253 e. The number of unbranched alkanes of at least 4 members (excludes halogenated alkanes) is 2. The number of nitrogens with one attached hydrogen (secondary N) is 1. The molecule has 0 bridgehead atoms. The van der Waals surface area contributed by atoms with Gasteiger partial charge in [-0.25, -0.2) is 4.98 Å². The number of pyridine rings is 1. The molecule has 0 fully saturated rings. The summed E-state index contributed by atoms with van der Waals surface area (Å²) in [5.74, 6) is 0.687. The monoisotopic (exact) mass is 251 g/mol. The number of nitrogens with zero attached hydrogens (tertiary/aromatic N) is 2. The van der Waals surface area contributed by atoms with Crippen molar-refractivity contribution in [1.29, 1.82) is 0 Å². The number of aliphatic hydroxyl groups is 1. The quantitative estimate of drug-likeness (QED) is 0.718. The zero-order valence-electron chi connectivity index (χ0n) is 11.0. The number of anilines is 1. The number of carbonyl (C=O) groups is 1. The van der Waals surface area contributed by atoms with Crippen molar-refractivity contribution in [1.82, 2.24) is 9.88 Å². The van der Waals surface area contributed by atoms with Crippen LogP contribution < -0.4 is 5.32 Å². The highest BCUT2D eigenvalue weighted by Crippen LogP contribution is 2.09. The molecule has 0 aromatic carbocycles. The van der Waals surface area contributed by atoms with Crippen LogP contribution in [-0.2, 0) is 0 Å². The van der Waals surface area contributed by atoms with Gasteiger partial charge in [0.2, 0.25) is 0 Å². The van der Waals surface area contributed by atoms with Gasteiger partial charge in [-0.15, -0.1) is 0 Å². The zero-order valence-corrected chi connectivity index (χ0v) is 11.0. The molecule has 0 saturated heterocycles. The first-order valence-electron chi connectivity index (χ1n) is 6.19. The molecule has 1 heterocycles. The lowest BCUT2D eigenvalue weighted by Gasteiger charge is -2.17. The van der Waals surface area contributed by atoms with E-state index in [1.165, 1.54) is 0 Å². The third-order valence-electron chi connectivity index (χ3n) is 2.76. The Morgan fingerprint density at radius 1 is 1.44 bits per heavy atom. The van der Waals surface area contributed by atoms with Crippen LogP contribution in [0.3, 0.4) is 0 Å². The number of rotatable bonds is 7. The Bertz CT molecular complexity index is 382. The molecule has 5 heteroatoms. The third kappa shape index (κ3) is 4.33. The minimum Gasteiger partial charge on any atom is -0.396 e. The van der Waals surface area contributed by atoms with Gasteiger partial charge in [-0.1, -0.05) is 0 Å². The van der Waals surface area contributed by atoms with Crippen LogP contribution in [0.4, 0.5) is 5.82 Å². The summed E-state index contributed by atoms with van der Waals surface area (Å²) in [4.78, 5) is 17.9. The SMILES string of the molecule is CNc1cc(C(=O)N(C)CCCCCO)ccn1. The largest absolute Gasteiger partial charge is 0.396 e. The van der Waals surface area contributed by atoms with E-state index in [4.69, 9.17) is 5.11 Å². The van der Waals surface area contributed by atoms with Crippen LogP contribution in [0.2, 0.25) is 0 Å². The summed E-state index contributed by atoms with van der Waals surface area (Å²) in [6.07, 6.45) is 4.26. The molecule has 0 unspecified atom stereocenters. The van der Waals surface area contributed by atoms with Crippen molar-refractivity contribution < 1.29 is 9.90 Å². The second kappa shape index (κ2) is 7.66. The zero-order chi connectivity index (χ0) is 13.4. The fourth-order valence-electron chi connectivity index (χ4n) is 1.66. The van der Waals surface area contributed by atoms with Crippen molar-refractivity contribution in [3.8, 4) is 0 Å². The Hall–Kier alpha value is -1.62. The molecule has 1 aromatic rings. The van der Waals surface area contributed by atoms with Gasteiger partial charge in [-0.3, -0.25) is 4.79 Å². The Labute approximate surface area is 108 Å². The van der Waals surface area contributed by atoms with Crippen LogP contribution in [-0.4, -0.2) is 48.1 Å². The van der Waals surface area contributed by atoms with E-state index in [2.05, 4.69) is 10.3 Å². The van der Waals surface area contributed by atoms with E-state index in [-0.39, 0.29) is 12.5 Å². The topological polar surface area (TPSA) is 65.5 Å². The molecule has 100 valence electrons. The lowest BCUT2D eigenvalue weighted by Crippen LogP contribution is -2.27. The van der Waals surface area contributed by atoms with Crippen molar-refractivity contribution in [2.24, 2.45) is 0 Å². The van der Waals surface area contributed by atoms with Crippen LogP contribution in [0.15, 0.2) is 18.3 Å². The van der Waals surface area contributed by atoms with Crippen LogP contribution in [0.25, 0.3) is 0 Å². The van der Waals surface area contributed by atoms with Gasteiger partial charge in [0, 0.05) is 39.0 Å². The second-order valence-electron chi connectivity index (χ2n) is 4.19. The van der Waals surface area contributed by atoms with Gasteiger partial charge in [0.25, 0.3) is 5.91 Å². The summed E-state index contributed by atoms with van der Waals surface area (Å²) >= 11 is 0. The molecule has 0 aliphatic heterocycles. The molecule has 0 aliphatic rings. The Balaban J connectivity index is 2.51. The van der Waals surface area contributed by atoms with E-state index in [0.29, 0.717) is 17.9 Å². The van der Waals surface area contributed by atoms with Crippen molar-refractivity contribution in [2.45, 2.75) is 19.3 Å². The molecule has 0 aliphatic carbocycles. The summed E-state index contributed by atoms with van der Waals surface area (Å²) in [5, 5.41) is 11.6. The van der Waals surface area contributed by atoms with E-state index >= 15 is 0 Å². The van der Waals surface area contributed by atoms with Crippen LogP contribution in [0.1, 0.15) is 29.6 Å². The van der Waals surface area contributed by atoms with E-state index in [1.54, 1.807) is 37.3 Å². The molecule has 5 nitrogen and oxygen atoms in total. The summed E-state index contributed by atoms with van der Waals surface area (Å²) in [7, 11) is 3.57. The van der Waals surface area contributed by atoms with E-state index in [1.807, 2.05) is 0 Å². The number of aliphatic hydroxyl groups excluding tert-OH is 1. The predicted octanol–water partition coefficient (Wildman–Crippen LogP) is 1.36. The van der Waals surface area contributed by atoms with Gasteiger partial charge in [-0.2, -0.15) is 0 Å². The molecule has 2 N–H and O–H groups in total. The smallest absolute Gasteiger partial charge is 0.253 e. The number of carbonyl (C=O) groups excluding carboxylic acids is 1. The number of hydrogen-bond acceptors (Lipinski definition) is 4. The molecule has 1 rings (SSSR count). The van der Waals surface area contributed by atoms with Gasteiger partial charge in [0.1, 0.15) is 5.82 Å². The second-order valence-corrected chi connectivity index (χ2v) is 4.19. The van der Waals surface area contributed by atoms with Crippen LogP contribution in [0, 0.1) is 0 Å². The lowest BCUT2D eigenvalue weighted by atomic mass is 10.2. The Kier molecular flexibility index (Phi) is 6.14.